The summed E-state index contributed by atoms with van der Waals surface area (Å²) in [5.74, 6) is 0.468. The maximum Gasteiger partial charge on any atom is 0.230 e. The maximum atomic E-state index is 12.6. The Labute approximate surface area is 177 Å². The van der Waals surface area contributed by atoms with Gasteiger partial charge in [0, 0.05) is 42.8 Å². The van der Waals surface area contributed by atoms with E-state index < -0.39 is 0 Å². The van der Waals surface area contributed by atoms with E-state index in [0.717, 1.165) is 48.8 Å². The zero-order chi connectivity index (χ0) is 21.1. The van der Waals surface area contributed by atoms with Crippen LogP contribution in [0.3, 0.4) is 0 Å². The summed E-state index contributed by atoms with van der Waals surface area (Å²) in [4.78, 5) is 19.6. The van der Waals surface area contributed by atoms with E-state index in [1.54, 1.807) is 0 Å². The van der Waals surface area contributed by atoms with Crippen LogP contribution in [0.4, 0.5) is 5.13 Å². The lowest BCUT2D eigenvalue weighted by Crippen LogP contribution is -2.44. The summed E-state index contributed by atoms with van der Waals surface area (Å²) in [6.45, 7) is 16.0. The fraction of sp³-hybridized carbons (Fsp3) is 0.667. The van der Waals surface area contributed by atoms with Gasteiger partial charge >= 0.3 is 0 Å². The van der Waals surface area contributed by atoms with Gasteiger partial charge in [-0.2, -0.15) is 5.10 Å². The van der Waals surface area contributed by atoms with Crippen molar-refractivity contribution in [3.8, 4) is 0 Å². The molecule has 8 heteroatoms. The molecular weight excluding hydrogens is 386 g/mol. The number of nitrogens with one attached hydrogen (secondary N) is 1. The molecule has 2 atom stereocenters. The number of ether oxygens (including phenoxy) is 1. The van der Waals surface area contributed by atoms with Crippen LogP contribution in [0.2, 0.25) is 0 Å². The Bertz CT molecular complexity index is 834. The Balaban J connectivity index is 1.57. The third-order valence-corrected chi connectivity index (χ3v) is 5.89. The van der Waals surface area contributed by atoms with Crippen molar-refractivity contribution in [3.05, 3.63) is 28.0 Å². The molecule has 0 spiro atoms. The number of amides is 1. The smallest absolute Gasteiger partial charge is 0.230 e. The van der Waals surface area contributed by atoms with Crippen LogP contribution < -0.4 is 5.32 Å². The molecule has 0 saturated carbocycles. The molecule has 1 fully saturated rings. The molecule has 0 bridgehead atoms. The van der Waals surface area contributed by atoms with Crippen molar-refractivity contribution in [3.63, 3.8) is 0 Å². The lowest BCUT2D eigenvalue weighted by atomic mass is 10.1. The summed E-state index contributed by atoms with van der Waals surface area (Å²) in [5.41, 5.74) is 4.00. The maximum absolute atomic E-state index is 12.6. The Kier molecular flexibility index (Phi) is 7.08. The summed E-state index contributed by atoms with van der Waals surface area (Å²) in [7, 11) is 0. The molecule has 0 aromatic carbocycles. The van der Waals surface area contributed by atoms with E-state index in [4.69, 9.17) is 4.74 Å². The molecule has 3 rings (SSSR count). The molecule has 1 N–H and O–H groups in total. The number of anilines is 1. The summed E-state index contributed by atoms with van der Waals surface area (Å²) in [6.07, 6.45) is 0.794. The van der Waals surface area contributed by atoms with E-state index in [9.17, 15) is 4.79 Å². The standard InChI is InChI=1S/C21H33N5O2S/c1-13(2)8-26-17(6)19(16(5)24-26)7-20(27)23-21-22-18(12-29-21)11-25-9-14(3)28-15(4)10-25/h12-15H,7-11H2,1-6H3,(H,22,23,27). The number of morpholine rings is 1. The third kappa shape index (κ3) is 5.87. The second kappa shape index (κ2) is 9.36. The van der Waals surface area contributed by atoms with Crippen molar-refractivity contribution in [1.29, 1.82) is 0 Å². The number of aryl methyl sites for hydroxylation is 1. The van der Waals surface area contributed by atoms with Gasteiger partial charge in [0.2, 0.25) is 5.91 Å². The number of nitrogens with zero attached hydrogens (tertiary/aromatic N) is 4. The Morgan fingerprint density at radius 2 is 2.00 bits per heavy atom. The van der Waals surface area contributed by atoms with Crippen LogP contribution in [-0.2, 0) is 29.0 Å². The van der Waals surface area contributed by atoms with E-state index in [-0.39, 0.29) is 18.1 Å². The number of thiazole rings is 1. The average Bonchev–Trinajstić information content (AvgIpc) is 3.13. The Morgan fingerprint density at radius 3 is 2.66 bits per heavy atom. The molecule has 1 aliphatic rings. The minimum Gasteiger partial charge on any atom is -0.373 e. The minimum atomic E-state index is -0.0465. The number of carbonyl (C=O) groups excluding carboxylic acids is 1. The predicted octanol–water partition coefficient (Wildman–Crippen LogP) is 3.40. The highest BCUT2D eigenvalue weighted by Crippen LogP contribution is 2.21. The Hall–Kier alpha value is -1.77. The van der Waals surface area contributed by atoms with E-state index in [0.29, 0.717) is 17.5 Å². The first-order valence-corrected chi connectivity index (χ1v) is 11.2. The van der Waals surface area contributed by atoms with E-state index >= 15 is 0 Å². The summed E-state index contributed by atoms with van der Waals surface area (Å²) < 4.78 is 7.80. The molecular formula is C21H33N5O2S. The van der Waals surface area contributed by atoms with Crippen molar-refractivity contribution in [2.75, 3.05) is 18.4 Å². The first kappa shape index (κ1) is 21.9. The third-order valence-electron chi connectivity index (χ3n) is 5.09. The molecule has 1 saturated heterocycles. The molecule has 1 amide bonds. The lowest BCUT2D eigenvalue weighted by Gasteiger charge is -2.34. The second-order valence-electron chi connectivity index (χ2n) is 8.55. The van der Waals surface area contributed by atoms with Gasteiger partial charge in [-0.1, -0.05) is 13.8 Å². The van der Waals surface area contributed by atoms with Crippen LogP contribution in [0, 0.1) is 19.8 Å². The zero-order valence-electron chi connectivity index (χ0n) is 18.4. The zero-order valence-corrected chi connectivity index (χ0v) is 19.2. The van der Waals surface area contributed by atoms with Gasteiger partial charge in [-0.15, -0.1) is 11.3 Å². The highest BCUT2D eigenvalue weighted by atomic mass is 32.1. The van der Waals surface area contributed by atoms with Gasteiger partial charge in [-0.3, -0.25) is 14.4 Å². The molecule has 2 aromatic rings. The van der Waals surface area contributed by atoms with Gasteiger partial charge in [0.05, 0.1) is 30.0 Å². The largest absolute Gasteiger partial charge is 0.373 e. The van der Waals surface area contributed by atoms with E-state index in [1.165, 1.54) is 11.3 Å². The lowest BCUT2D eigenvalue weighted by molar-refractivity contribution is -0.115. The number of carbonyl (C=O) groups is 1. The fourth-order valence-electron chi connectivity index (χ4n) is 3.92. The van der Waals surface area contributed by atoms with E-state index in [1.807, 2.05) is 23.9 Å². The highest BCUT2D eigenvalue weighted by molar-refractivity contribution is 7.13. The minimum absolute atomic E-state index is 0.0465. The summed E-state index contributed by atoms with van der Waals surface area (Å²) in [5, 5.41) is 10.2. The second-order valence-corrected chi connectivity index (χ2v) is 9.40. The van der Waals surface area contributed by atoms with Gasteiger partial charge in [-0.25, -0.2) is 4.98 Å². The van der Waals surface area contributed by atoms with Crippen LogP contribution in [-0.4, -0.2) is 50.9 Å². The number of aromatic nitrogens is 3. The number of hydrogen-bond donors (Lipinski definition) is 1. The molecule has 2 unspecified atom stereocenters. The van der Waals surface area contributed by atoms with Crippen LogP contribution in [0.1, 0.15) is 50.3 Å². The number of hydrogen-bond acceptors (Lipinski definition) is 6. The van der Waals surface area contributed by atoms with Crippen LogP contribution in [0.5, 0.6) is 0 Å². The molecule has 0 radical (unpaired) electrons. The molecule has 29 heavy (non-hydrogen) atoms. The monoisotopic (exact) mass is 419 g/mol. The predicted molar refractivity (Wildman–Crippen MR) is 116 cm³/mol. The normalized spacial score (nSPS) is 20.4. The first-order chi connectivity index (χ1) is 13.7. The van der Waals surface area contributed by atoms with Crippen molar-refractivity contribution in [2.45, 2.75) is 73.3 Å². The Morgan fingerprint density at radius 1 is 1.31 bits per heavy atom. The van der Waals surface area contributed by atoms with Gasteiger partial charge in [0.25, 0.3) is 0 Å². The topological polar surface area (TPSA) is 72.3 Å². The van der Waals surface area contributed by atoms with Gasteiger partial charge in [-0.05, 0) is 33.6 Å². The van der Waals surface area contributed by atoms with Crippen molar-refractivity contribution in [2.24, 2.45) is 5.92 Å². The highest BCUT2D eigenvalue weighted by Gasteiger charge is 2.23. The van der Waals surface area contributed by atoms with Crippen LogP contribution in [0.25, 0.3) is 0 Å². The van der Waals surface area contributed by atoms with E-state index in [2.05, 4.69) is 48.0 Å². The van der Waals surface area contributed by atoms with Crippen LogP contribution >= 0.6 is 11.3 Å². The number of rotatable bonds is 7. The SMILES string of the molecule is Cc1nn(CC(C)C)c(C)c1CC(=O)Nc1nc(CN2CC(C)OC(C)C2)cs1. The van der Waals surface area contributed by atoms with Crippen LogP contribution in [0.15, 0.2) is 5.38 Å². The summed E-state index contributed by atoms with van der Waals surface area (Å²) >= 11 is 1.48. The molecule has 160 valence electrons. The van der Waals surface area contributed by atoms with Gasteiger partial charge in [0.15, 0.2) is 5.13 Å². The summed E-state index contributed by atoms with van der Waals surface area (Å²) in [6, 6.07) is 0. The van der Waals surface area contributed by atoms with Crippen molar-refractivity contribution >= 4 is 22.4 Å². The average molecular weight is 420 g/mol. The quantitative estimate of drug-likeness (QED) is 0.745. The molecule has 1 aliphatic heterocycles. The van der Waals surface area contributed by atoms with Crippen molar-refractivity contribution < 1.29 is 9.53 Å². The molecule has 2 aromatic heterocycles. The van der Waals surface area contributed by atoms with Crippen molar-refractivity contribution in [1.82, 2.24) is 19.7 Å². The fourth-order valence-corrected chi connectivity index (χ4v) is 4.63. The van der Waals surface area contributed by atoms with Gasteiger partial charge < -0.3 is 10.1 Å². The molecule has 3 heterocycles. The molecule has 0 aliphatic carbocycles. The first-order valence-electron chi connectivity index (χ1n) is 10.4. The molecule has 7 nitrogen and oxygen atoms in total. The van der Waals surface area contributed by atoms with Gasteiger partial charge in [0.1, 0.15) is 0 Å².